The van der Waals surface area contributed by atoms with Crippen molar-refractivity contribution in [3.8, 4) is 6.07 Å². The molecule has 0 spiro atoms. The third-order valence-corrected chi connectivity index (χ3v) is 5.88. The minimum Gasteiger partial charge on any atom is -0.382 e. The monoisotopic (exact) mass is 494 g/mol. The molecule has 1 saturated heterocycles. The van der Waals surface area contributed by atoms with Crippen LogP contribution in [0.2, 0.25) is 0 Å². The summed E-state index contributed by atoms with van der Waals surface area (Å²) in [7, 11) is 1.31. The molecular formula is C22H18F4N4O3S. The zero-order valence-corrected chi connectivity index (χ0v) is 19.0. The summed E-state index contributed by atoms with van der Waals surface area (Å²) >= 11 is 5.47. The number of nitrogens with two attached hydrogens (primary N) is 1. The zero-order chi connectivity index (χ0) is 25.6. The first-order valence-electron chi connectivity index (χ1n) is 9.67. The minimum absolute atomic E-state index is 0.0496. The molecule has 1 fully saturated rings. The summed E-state index contributed by atoms with van der Waals surface area (Å²) in [6.45, 7) is 2.55. The fourth-order valence-electron chi connectivity index (χ4n) is 3.85. The Morgan fingerprint density at radius 3 is 2.47 bits per heavy atom. The van der Waals surface area contributed by atoms with E-state index >= 15 is 0 Å². The highest BCUT2D eigenvalue weighted by Gasteiger charge is 2.54. The van der Waals surface area contributed by atoms with Crippen molar-refractivity contribution in [2.24, 2.45) is 5.73 Å². The summed E-state index contributed by atoms with van der Waals surface area (Å²) in [5.41, 5.74) is 1.23. The number of halogens is 4. The van der Waals surface area contributed by atoms with E-state index in [1.165, 1.54) is 44.1 Å². The van der Waals surface area contributed by atoms with Crippen LogP contribution in [0.15, 0.2) is 30.3 Å². The van der Waals surface area contributed by atoms with Gasteiger partial charge in [-0.05, 0) is 56.4 Å². The fraction of sp³-hybridized carbons (Fsp3) is 0.273. The van der Waals surface area contributed by atoms with Crippen LogP contribution in [0, 0.1) is 24.1 Å². The molecule has 0 saturated carbocycles. The summed E-state index contributed by atoms with van der Waals surface area (Å²) in [6.07, 6.45) is -4.86. The molecule has 2 amide bonds. The van der Waals surface area contributed by atoms with Crippen LogP contribution >= 0.6 is 12.2 Å². The number of hydrogen-bond acceptors (Lipinski definition) is 5. The molecule has 178 valence electrons. The van der Waals surface area contributed by atoms with Crippen LogP contribution in [-0.2, 0) is 15.7 Å². The van der Waals surface area contributed by atoms with Gasteiger partial charge < -0.3 is 15.4 Å². The molecule has 0 aromatic heterocycles. The van der Waals surface area contributed by atoms with Crippen molar-refractivity contribution in [2.45, 2.75) is 25.6 Å². The number of methoxy groups -OCH3 is 1. The molecule has 0 bridgehead atoms. The van der Waals surface area contributed by atoms with E-state index in [4.69, 9.17) is 28.0 Å². The smallest absolute Gasteiger partial charge is 0.382 e. The molecule has 1 unspecified atom stereocenters. The van der Waals surface area contributed by atoms with Gasteiger partial charge in [0.2, 0.25) is 0 Å². The first-order chi connectivity index (χ1) is 15.8. The average Bonchev–Trinajstić information content (AvgIpc) is 2.94. The Morgan fingerprint density at radius 1 is 1.29 bits per heavy atom. The van der Waals surface area contributed by atoms with E-state index in [-0.39, 0.29) is 34.2 Å². The van der Waals surface area contributed by atoms with Crippen molar-refractivity contribution in [3.05, 3.63) is 58.4 Å². The standard InChI is InChI=1S/C22H18F4N4O3S/c1-11-16(7-6-14(17(11)23)18(28)31)30-20(34)29(19(32)21(30,2)10-33-3)13-5-4-12(9-27)15(8-13)22(24,25)26/h4-8H,10H2,1-3H3,(H2,28,31). The number of carbonyl (C=O) groups excluding carboxylic acids is 2. The Hall–Kier alpha value is -3.56. The summed E-state index contributed by atoms with van der Waals surface area (Å²) in [4.78, 5) is 27.1. The van der Waals surface area contributed by atoms with Gasteiger partial charge in [0.1, 0.15) is 11.4 Å². The topological polar surface area (TPSA) is 99.7 Å². The van der Waals surface area contributed by atoms with Gasteiger partial charge in [-0.2, -0.15) is 18.4 Å². The van der Waals surface area contributed by atoms with Gasteiger partial charge in [0, 0.05) is 12.7 Å². The number of primary amides is 1. The van der Waals surface area contributed by atoms with Gasteiger partial charge in [0.25, 0.3) is 11.8 Å². The Labute approximate surface area is 197 Å². The number of nitrogens with zero attached hydrogens (tertiary/aromatic N) is 3. The molecule has 1 aliphatic rings. The SMILES string of the molecule is COCC1(C)C(=O)N(c2ccc(C#N)c(C(F)(F)F)c2)C(=S)N1c1ccc(C(N)=O)c(F)c1C. The first-order valence-corrected chi connectivity index (χ1v) is 10.1. The maximum absolute atomic E-state index is 14.9. The summed E-state index contributed by atoms with van der Waals surface area (Å²) < 4.78 is 60.6. The highest BCUT2D eigenvalue weighted by Crippen LogP contribution is 2.41. The second-order valence-electron chi connectivity index (χ2n) is 7.74. The third-order valence-electron chi connectivity index (χ3n) is 5.52. The van der Waals surface area contributed by atoms with Crippen LogP contribution in [0.3, 0.4) is 0 Å². The highest BCUT2D eigenvalue weighted by molar-refractivity contribution is 7.81. The molecule has 2 aromatic carbocycles. The molecule has 2 N–H and O–H groups in total. The molecule has 1 aliphatic heterocycles. The molecule has 12 heteroatoms. The minimum atomic E-state index is -4.86. The lowest BCUT2D eigenvalue weighted by molar-refractivity contribution is -0.137. The van der Waals surface area contributed by atoms with Crippen molar-refractivity contribution in [2.75, 3.05) is 23.5 Å². The number of benzene rings is 2. The molecule has 3 rings (SSSR count). The number of amides is 2. The summed E-state index contributed by atoms with van der Waals surface area (Å²) in [5.74, 6) is -2.64. The van der Waals surface area contributed by atoms with E-state index < -0.39 is 40.5 Å². The molecule has 0 radical (unpaired) electrons. The largest absolute Gasteiger partial charge is 0.417 e. The van der Waals surface area contributed by atoms with Crippen LogP contribution in [0.5, 0.6) is 0 Å². The van der Waals surface area contributed by atoms with Crippen LogP contribution in [0.1, 0.15) is 34.0 Å². The Morgan fingerprint density at radius 2 is 1.94 bits per heavy atom. The van der Waals surface area contributed by atoms with Gasteiger partial charge in [-0.15, -0.1) is 0 Å². The molecule has 34 heavy (non-hydrogen) atoms. The van der Waals surface area contributed by atoms with E-state index in [2.05, 4.69) is 0 Å². The van der Waals surface area contributed by atoms with Crippen molar-refractivity contribution >= 4 is 40.5 Å². The van der Waals surface area contributed by atoms with Crippen molar-refractivity contribution in [1.29, 1.82) is 5.26 Å². The second-order valence-corrected chi connectivity index (χ2v) is 8.11. The molecule has 0 aliphatic carbocycles. The first kappa shape index (κ1) is 25.1. The Balaban J connectivity index is 2.22. The fourth-order valence-corrected chi connectivity index (χ4v) is 4.34. The van der Waals surface area contributed by atoms with Gasteiger partial charge in [-0.25, -0.2) is 4.39 Å². The van der Waals surface area contributed by atoms with Crippen LogP contribution in [0.4, 0.5) is 28.9 Å². The molecular weight excluding hydrogens is 476 g/mol. The maximum atomic E-state index is 14.9. The van der Waals surface area contributed by atoms with Crippen molar-refractivity contribution in [1.82, 2.24) is 0 Å². The number of rotatable bonds is 5. The number of thiocarbonyl (C=S) groups is 1. The van der Waals surface area contributed by atoms with Crippen LogP contribution in [0.25, 0.3) is 0 Å². The predicted octanol–water partition coefficient (Wildman–Crippen LogP) is 3.67. The number of carbonyl (C=O) groups is 2. The van der Waals surface area contributed by atoms with E-state index in [0.29, 0.717) is 6.07 Å². The molecule has 1 atom stereocenters. The van der Waals surface area contributed by atoms with Gasteiger partial charge in [0.05, 0.1) is 40.7 Å². The van der Waals surface area contributed by atoms with Gasteiger partial charge in [-0.3, -0.25) is 14.5 Å². The Kier molecular flexibility index (Phi) is 6.38. The zero-order valence-electron chi connectivity index (χ0n) is 18.2. The number of alkyl halides is 3. The van der Waals surface area contributed by atoms with E-state index in [9.17, 15) is 27.2 Å². The molecule has 2 aromatic rings. The summed E-state index contributed by atoms with van der Waals surface area (Å²) in [6, 6.07) is 6.71. The second kappa shape index (κ2) is 8.66. The number of anilines is 2. The molecule has 1 heterocycles. The number of nitriles is 1. The van der Waals surface area contributed by atoms with Crippen molar-refractivity contribution < 1.29 is 31.9 Å². The van der Waals surface area contributed by atoms with Crippen LogP contribution in [-0.4, -0.2) is 36.2 Å². The number of hydrogen-bond donors (Lipinski definition) is 1. The van der Waals surface area contributed by atoms with E-state index in [1.807, 2.05) is 0 Å². The quantitative estimate of drug-likeness (QED) is 0.503. The highest BCUT2D eigenvalue weighted by atomic mass is 32.1. The summed E-state index contributed by atoms with van der Waals surface area (Å²) in [5, 5.41) is 8.82. The lowest BCUT2D eigenvalue weighted by atomic mass is 9.98. The van der Waals surface area contributed by atoms with Crippen molar-refractivity contribution in [3.63, 3.8) is 0 Å². The van der Waals surface area contributed by atoms with Gasteiger partial charge in [-0.1, -0.05) is 0 Å². The lowest BCUT2D eigenvalue weighted by Crippen LogP contribution is -2.51. The normalized spacial score (nSPS) is 18.4. The van der Waals surface area contributed by atoms with Gasteiger partial charge in [0.15, 0.2) is 5.11 Å². The Bertz CT molecular complexity index is 1260. The lowest BCUT2D eigenvalue weighted by Gasteiger charge is -2.33. The average molecular weight is 494 g/mol. The third kappa shape index (κ3) is 3.86. The van der Waals surface area contributed by atoms with E-state index in [0.717, 1.165) is 17.0 Å². The van der Waals surface area contributed by atoms with Crippen LogP contribution < -0.4 is 15.5 Å². The number of ether oxygens (including phenoxy) is 1. The van der Waals surface area contributed by atoms with Gasteiger partial charge >= 0.3 is 6.18 Å². The van der Waals surface area contributed by atoms with E-state index in [1.54, 1.807) is 0 Å². The maximum Gasteiger partial charge on any atom is 0.417 e. The molecule has 7 nitrogen and oxygen atoms in total. The predicted molar refractivity (Wildman–Crippen MR) is 119 cm³/mol.